The second kappa shape index (κ2) is 8.02. The van der Waals surface area contributed by atoms with Crippen molar-refractivity contribution in [3.8, 4) is 11.1 Å². The van der Waals surface area contributed by atoms with Crippen molar-refractivity contribution < 1.29 is 0 Å². The molecule has 0 bridgehead atoms. The lowest BCUT2D eigenvalue weighted by molar-refractivity contribution is 1.17. The summed E-state index contributed by atoms with van der Waals surface area (Å²) in [5, 5.41) is 5.13. The molecule has 1 aliphatic rings. The molecule has 0 radical (unpaired) electrons. The highest BCUT2D eigenvalue weighted by molar-refractivity contribution is 7.99. The van der Waals surface area contributed by atoms with Crippen molar-refractivity contribution in [1.82, 2.24) is 4.98 Å². The third-order valence-electron chi connectivity index (χ3n) is 7.36. The minimum atomic E-state index is 1.17. The lowest BCUT2D eigenvalue weighted by Gasteiger charge is -2.33. The van der Waals surface area contributed by atoms with E-state index in [-0.39, 0.29) is 0 Å². The van der Waals surface area contributed by atoms with Gasteiger partial charge in [-0.25, -0.2) is 0 Å². The summed E-state index contributed by atoms with van der Waals surface area (Å²) in [5.41, 5.74) is 8.39. The third-order valence-corrected chi connectivity index (χ3v) is 8.49. The zero-order chi connectivity index (χ0) is 24.3. The molecule has 0 unspecified atom stereocenters. The largest absolute Gasteiger partial charge is 0.354 e. The van der Waals surface area contributed by atoms with Crippen molar-refractivity contribution in [2.24, 2.45) is 0 Å². The minimum absolute atomic E-state index is 1.17. The smallest absolute Gasteiger partial charge is 0.0607 e. The fraction of sp³-hybridized carbons (Fsp3) is 0. The summed E-state index contributed by atoms with van der Waals surface area (Å²) in [6.45, 7) is 0. The minimum Gasteiger partial charge on any atom is -0.354 e. The fourth-order valence-electron chi connectivity index (χ4n) is 5.65. The predicted molar refractivity (Wildman–Crippen MR) is 158 cm³/mol. The first-order chi connectivity index (χ1) is 18.3. The average Bonchev–Trinajstić information content (AvgIpc) is 3.34. The molecule has 0 saturated carbocycles. The van der Waals surface area contributed by atoms with Crippen LogP contribution in [0.3, 0.4) is 0 Å². The van der Waals surface area contributed by atoms with Crippen LogP contribution < -0.4 is 4.90 Å². The van der Waals surface area contributed by atoms with Crippen LogP contribution in [0.4, 0.5) is 17.1 Å². The standard InChI is InChI=1S/C34H22N2S/c1-2-9-25(10-3-1)36-30-12-6-7-13-32(30)37-33-19-16-24(21-31(33)36)23-14-17-27-29(20-23)35-28-18-15-22-8-4-5-11-26(22)34(27)28/h1-21,35H. The van der Waals surface area contributed by atoms with Crippen LogP contribution >= 0.6 is 11.8 Å². The first kappa shape index (κ1) is 20.7. The number of aromatic nitrogens is 1. The van der Waals surface area contributed by atoms with Crippen molar-refractivity contribution in [2.75, 3.05) is 4.90 Å². The maximum atomic E-state index is 3.68. The molecule has 0 atom stereocenters. The molecule has 1 aromatic heterocycles. The molecule has 37 heavy (non-hydrogen) atoms. The van der Waals surface area contributed by atoms with E-state index in [9.17, 15) is 0 Å². The highest BCUT2D eigenvalue weighted by Gasteiger charge is 2.25. The molecule has 7 aromatic rings. The number of aromatic amines is 1. The zero-order valence-corrected chi connectivity index (χ0v) is 20.8. The van der Waals surface area contributed by atoms with Gasteiger partial charge in [-0.2, -0.15) is 0 Å². The number of hydrogen-bond donors (Lipinski definition) is 1. The summed E-state index contributed by atoms with van der Waals surface area (Å²) in [6.07, 6.45) is 0. The molecule has 0 fully saturated rings. The van der Waals surface area contributed by atoms with Crippen LogP contribution in [0.5, 0.6) is 0 Å². The van der Waals surface area contributed by atoms with E-state index >= 15 is 0 Å². The first-order valence-corrected chi connectivity index (χ1v) is 13.3. The molecule has 0 amide bonds. The van der Waals surface area contributed by atoms with Crippen LogP contribution in [-0.2, 0) is 0 Å². The van der Waals surface area contributed by atoms with Gasteiger partial charge in [0.1, 0.15) is 0 Å². The van der Waals surface area contributed by atoms with E-state index in [1.165, 1.54) is 70.6 Å². The monoisotopic (exact) mass is 490 g/mol. The van der Waals surface area contributed by atoms with E-state index in [0.29, 0.717) is 0 Å². The van der Waals surface area contributed by atoms with Gasteiger partial charge < -0.3 is 9.88 Å². The third kappa shape index (κ3) is 3.21. The Balaban J connectivity index is 1.30. The van der Waals surface area contributed by atoms with Crippen LogP contribution in [0.15, 0.2) is 137 Å². The van der Waals surface area contributed by atoms with Gasteiger partial charge in [0.05, 0.1) is 11.4 Å². The van der Waals surface area contributed by atoms with Crippen molar-refractivity contribution in [3.05, 3.63) is 127 Å². The number of nitrogens with one attached hydrogen (secondary N) is 1. The van der Waals surface area contributed by atoms with Gasteiger partial charge in [-0.15, -0.1) is 0 Å². The van der Waals surface area contributed by atoms with Crippen LogP contribution in [-0.4, -0.2) is 4.98 Å². The van der Waals surface area contributed by atoms with Gasteiger partial charge in [-0.3, -0.25) is 0 Å². The van der Waals surface area contributed by atoms with Crippen molar-refractivity contribution >= 4 is 61.4 Å². The summed E-state index contributed by atoms with van der Waals surface area (Å²) >= 11 is 1.84. The Hall–Kier alpha value is -4.47. The fourth-order valence-corrected chi connectivity index (χ4v) is 6.68. The Morgan fingerprint density at radius 3 is 2.22 bits per heavy atom. The summed E-state index contributed by atoms with van der Waals surface area (Å²) in [5.74, 6) is 0. The SMILES string of the molecule is c1ccc(N2c3ccccc3Sc3ccc(-c4ccc5c(c4)[nH]c4ccc6ccccc6c45)cc32)cc1. The molecule has 1 N–H and O–H groups in total. The number of rotatable bonds is 2. The zero-order valence-electron chi connectivity index (χ0n) is 20.0. The Kier molecular flexibility index (Phi) is 4.49. The Morgan fingerprint density at radius 2 is 1.27 bits per heavy atom. The molecule has 1 aliphatic heterocycles. The van der Waals surface area contributed by atoms with E-state index in [0.717, 1.165) is 0 Å². The van der Waals surface area contributed by atoms with E-state index in [1.807, 2.05) is 11.8 Å². The van der Waals surface area contributed by atoms with Gasteiger partial charge in [-0.05, 0) is 70.4 Å². The van der Waals surface area contributed by atoms with Gasteiger partial charge in [0, 0.05) is 37.3 Å². The predicted octanol–water partition coefficient (Wildman–Crippen LogP) is 10.1. The highest BCUT2D eigenvalue weighted by atomic mass is 32.2. The second-order valence-electron chi connectivity index (χ2n) is 9.52. The topological polar surface area (TPSA) is 19.0 Å². The quantitative estimate of drug-likeness (QED) is 0.260. The summed E-state index contributed by atoms with van der Waals surface area (Å²) in [6, 6.07) is 46.0. The van der Waals surface area contributed by atoms with Gasteiger partial charge in [0.2, 0.25) is 0 Å². The maximum absolute atomic E-state index is 3.68. The molecular formula is C34H22N2S. The molecule has 2 nitrogen and oxygen atoms in total. The Labute approximate surface area is 219 Å². The number of anilines is 3. The van der Waals surface area contributed by atoms with Crippen LogP contribution in [0.2, 0.25) is 0 Å². The van der Waals surface area contributed by atoms with E-state index in [2.05, 4.69) is 137 Å². The Morgan fingerprint density at radius 1 is 0.514 bits per heavy atom. The number of H-pyrrole nitrogens is 1. The van der Waals surface area contributed by atoms with E-state index in [1.54, 1.807) is 0 Å². The normalized spacial score (nSPS) is 12.7. The van der Waals surface area contributed by atoms with Crippen molar-refractivity contribution in [2.45, 2.75) is 9.79 Å². The number of fused-ring (bicyclic) bond motifs is 7. The second-order valence-corrected chi connectivity index (χ2v) is 10.6. The summed E-state index contributed by atoms with van der Waals surface area (Å²) in [7, 11) is 0. The lowest BCUT2D eigenvalue weighted by Crippen LogP contribution is -2.14. The molecular weight excluding hydrogens is 468 g/mol. The molecule has 174 valence electrons. The molecule has 6 aromatic carbocycles. The van der Waals surface area contributed by atoms with Crippen LogP contribution in [0.25, 0.3) is 43.7 Å². The molecule has 0 aliphatic carbocycles. The lowest BCUT2D eigenvalue weighted by atomic mass is 10.0. The Bertz CT molecular complexity index is 1970. The van der Waals surface area contributed by atoms with Gasteiger partial charge in [0.25, 0.3) is 0 Å². The number of para-hydroxylation sites is 2. The molecule has 3 heteroatoms. The molecule has 8 rings (SSSR count). The van der Waals surface area contributed by atoms with E-state index in [4.69, 9.17) is 0 Å². The van der Waals surface area contributed by atoms with Gasteiger partial charge >= 0.3 is 0 Å². The van der Waals surface area contributed by atoms with Crippen LogP contribution in [0.1, 0.15) is 0 Å². The maximum Gasteiger partial charge on any atom is 0.0607 e. The first-order valence-electron chi connectivity index (χ1n) is 12.5. The van der Waals surface area contributed by atoms with Gasteiger partial charge in [0.15, 0.2) is 0 Å². The van der Waals surface area contributed by atoms with Crippen molar-refractivity contribution in [1.29, 1.82) is 0 Å². The summed E-state index contributed by atoms with van der Waals surface area (Å²) < 4.78 is 0. The van der Waals surface area contributed by atoms with Crippen LogP contribution in [0, 0.1) is 0 Å². The molecule has 0 saturated heterocycles. The average molecular weight is 491 g/mol. The molecule has 2 heterocycles. The highest BCUT2D eigenvalue weighted by Crippen LogP contribution is 2.52. The van der Waals surface area contributed by atoms with E-state index < -0.39 is 0 Å². The van der Waals surface area contributed by atoms with Crippen molar-refractivity contribution in [3.63, 3.8) is 0 Å². The molecule has 0 spiro atoms. The number of benzene rings is 6. The number of nitrogens with zero attached hydrogens (tertiary/aromatic N) is 1. The van der Waals surface area contributed by atoms with Gasteiger partial charge in [-0.1, -0.05) is 90.6 Å². The summed E-state index contributed by atoms with van der Waals surface area (Å²) in [4.78, 5) is 8.61. The number of hydrogen-bond acceptors (Lipinski definition) is 2.